The number of guanidine groups is 1. The smallest absolute Gasteiger partial charge is 0.194 e. The van der Waals surface area contributed by atoms with Crippen molar-refractivity contribution in [1.29, 1.82) is 0 Å². The SMILES string of the molecule is CN=C(NCc1ccccc1)N(C)Cc1ncc(-c2ccccc2)[nH]1. The number of H-pyrrole nitrogens is 1. The molecule has 0 aliphatic heterocycles. The summed E-state index contributed by atoms with van der Waals surface area (Å²) in [5.41, 5.74) is 3.38. The fourth-order valence-corrected chi connectivity index (χ4v) is 2.67. The van der Waals surface area contributed by atoms with Gasteiger partial charge in [-0.15, -0.1) is 0 Å². The number of aromatic amines is 1. The molecule has 0 spiro atoms. The summed E-state index contributed by atoms with van der Waals surface area (Å²) in [7, 11) is 3.80. The molecule has 1 aromatic heterocycles. The van der Waals surface area contributed by atoms with E-state index in [4.69, 9.17) is 0 Å². The highest BCUT2D eigenvalue weighted by Crippen LogP contribution is 2.16. The van der Waals surface area contributed by atoms with Crippen LogP contribution in [0.25, 0.3) is 11.3 Å². The number of nitrogens with zero attached hydrogens (tertiary/aromatic N) is 3. The van der Waals surface area contributed by atoms with Crippen LogP contribution in [0.1, 0.15) is 11.4 Å². The Bertz CT molecular complexity index is 808. The zero-order valence-corrected chi connectivity index (χ0v) is 14.6. The third kappa shape index (κ3) is 4.47. The Hall–Kier alpha value is -3.08. The van der Waals surface area contributed by atoms with Gasteiger partial charge in [0.05, 0.1) is 18.4 Å². The van der Waals surface area contributed by atoms with Gasteiger partial charge in [-0.05, 0) is 11.1 Å². The highest BCUT2D eigenvalue weighted by molar-refractivity contribution is 5.79. The van der Waals surface area contributed by atoms with E-state index in [9.17, 15) is 0 Å². The predicted octanol–water partition coefficient (Wildman–Crippen LogP) is 3.28. The summed E-state index contributed by atoms with van der Waals surface area (Å²) in [5.74, 6) is 1.74. The molecule has 128 valence electrons. The summed E-state index contributed by atoms with van der Waals surface area (Å²) < 4.78 is 0. The number of aliphatic imine (C=N–C) groups is 1. The second kappa shape index (κ2) is 8.15. The minimum Gasteiger partial charge on any atom is -0.352 e. The van der Waals surface area contributed by atoms with Crippen molar-refractivity contribution in [3.8, 4) is 11.3 Å². The van der Waals surface area contributed by atoms with Crippen LogP contribution in [0.15, 0.2) is 71.9 Å². The molecule has 25 heavy (non-hydrogen) atoms. The van der Waals surface area contributed by atoms with Crippen molar-refractivity contribution < 1.29 is 0 Å². The Morgan fingerprint density at radius 3 is 2.44 bits per heavy atom. The first-order chi connectivity index (χ1) is 12.3. The van der Waals surface area contributed by atoms with Crippen LogP contribution in [0.2, 0.25) is 0 Å². The third-order valence-electron chi connectivity index (χ3n) is 3.97. The van der Waals surface area contributed by atoms with E-state index in [-0.39, 0.29) is 0 Å². The van der Waals surface area contributed by atoms with Gasteiger partial charge in [0.25, 0.3) is 0 Å². The zero-order valence-electron chi connectivity index (χ0n) is 14.6. The highest BCUT2D eigenvalue weighted by Gasteiger charge is 2.09. The first-order valence-corrected chi connectivity index (χ1v) is 8.31. The quantitative estimate of drug-likeness (QED) is 0.556. The van der Waals surface area contributed by atoms with E-state index in [1.165, 1.54) is 5.56 Å². The first kappa shape index (κ1) is 16.8. The van der Waals surface area contributed by atoms with Crippen LogP contribution in [0.3, 0.4) is 0 Å². The monoisotopic (exact) mass is 333 g/mol. The summed E-state index contributed by atoms with van der Waals surface area (Å²) in [6.45, 7) is 1.40. The Labute approximate surface area is 148 Å². The maximum atomic E-state index is 4.49. The molecule has 2 aromatic carbocycles. The highest BCUT2D eigenvalue weighted by atomic mass is 15.3. The lowest BCUT2D eigenvalue weighted by molar-refractivity contribution is 0.464. The molecule has 0 saturated heterocycles. The summed E-state index contributed by atoms with van der Waals surface area (Å²) >= 11 is 0. The standard InChI is InChI=1S/C20H23N5/c1-21-20(23-13-16-9-5-3-6-10-16)25(2)15-19-22-14-18(24-19)17-11-7-4-8-12-17/h3-12,14H,13,15H2,1-2H3,(H,21,23)(H,22,24). The van der Waals surface area contributed by atoms with E-state index >= 15 is 0 Å². The number of aromatic nitrogens is 2. The van der Waals surface area contributed by atoms with Gasteiger partial charge in [-0.1, -0.05) is 60.7 Å². The molecular weight excluding hydrogens is 310 g/mol. The maximum absolute atomic E-state index is 4.49. The summed E-state index contributed by atoms with van der Waals surface area (Å²) in [4.78, 5) is 14.3. The van der Waals surface area contributed by atoms with Gasteiger partial charge in [-0.2, -0.15) is 0 Å². The molecular formula is C20H23N5. The van der Waals surface area contributed by atoms with Gasteiger partial charge in [-0.3, -0.25) is 4.99 Å². The Balaban J connectivity index is 1.61. The molecule has 0 aliphatic carbocycles. The van der Waals surface area contributed by atoms with Gasteiger partial charge < -0.3 is 15.2 Å². The van der Waals surface area contributed by atoms with Crippen molar-refractivity contribution in [2.75, 3.05) is 14.1 Å². The molecule has 0 amide bonds. The number of nitrogens with one attached hydrogen (secondary N) is 2. The molecule has 5 nitrogen and oxygen atoms in total. The second-order valence-electron chi connectivity index (χ2n) is 5.85. The van der Waals surface area contributed by atoms with E-state index in [2.05, 4.69) is 49.4 Å². The number of rotatable bonds is 5. The predicted molar refractivity (Wildman–Crippen MR) is 102 cm³/mol. The second-order valence-corrected chi connectivity index (χ2v) is 5.85. The first-order valence-electron chi connectivity index (χ1n) is 8.31. The minimum absolute atomic E-state index is 0.654. The number of benzene rings is 2. The van der Waals surface area contributed by atoms with Crippen molar-refractivity contribution in [3.63, 3.8) is 0 Å². The summed E-state index contributed by atoms with van der Waals surface area (Å²) in [5, 5.41) is 3.38. The lowest BCUT2D eigenvalue weighted by Crippen LogP contribution is -2.38. The summed E-state index contributed by atoms with van der Waals surface area (Å²) in [6.07, 6.45) is 1.87. The van der Waals surface area contributed by atoms with Crippen molar-refractivity contribution in [2.45, 2.75) is 13.1 Å². The molecule has 0 bridgehead atoms. The average molecular weight is 333 g/mol. The Kier molecular flexibility index (Phi) is 5.46. The molecule has 3 rings (SSSR count). The van der Waals surface area contributed by atoms with Crippen molar-refractivity contribution in [3.05, 3.63) is 78.2 Å². The van der Waals surface area contributed by atoms with Crippen LogP contribution in [0.4, 0.5) is 0 Å². The molecule has 0 radical (unpaired) electrons. The molecule has 0 atom stereocenters. The molecule has 0 saturated carbocycles. The van der Waals surface area contributed by atoms with E-state index in [0.29, 0.717) is 6.54 Å². The Morgan fingerprint density at radius 2 is 1.76 bits per heavy atom. The van der Waals surface area contributed by atoms with Crippen LogP contribution >= 0.6 is 0 Å². The fraction of sp³-hybridized carbons (Fsp3) is 0.200. The number of imidazole rings is 1. The van der Waals surface area contributed by atoms with Crippen molar-refractivity contribution in [1.82, 2.24) is 20.2 Å². The molecule has 1 heterocycles. The number of hydrogen-bond acceptors (Lipinski definition) is 2. The molecule has 3 aromatic rings. The normalized spacial score (nSPS) is 11.4. The molecule has 0 aliphatic rings. The van der Waals surface area contributed by atoms with Crippen LogP contribution in [0.5, 0.6) is 0 Å². The Morgan fingerprint density at radius 1 is 1.08 bits per heavy atom. The van der Waals surface area contributed by atoms with Gasteiger partial charge >= 0.3 is 0 Å². The summed E-state index contributed by atoms with van der Waals surface area (Å²) in [6, 6.07) is 20.5. The average Bonchev–Trinajstić information content (AvgIpc) is 3.12. The van der Waals surface area contributed by atoms with Crippen LogP contribution in [-0.2, 0) is 13.1 Å². The minimum atomic E-state index is 0.654. The molecule has 2 N–H and O–H groups in total. The largest absolute Gasteiger partial charge is 0.352 e. The molecule has 0 fully saturated rings. The van der Waals surface area contributed by atoms with Gasteiger partial charge in [0.1, 0.15) is 5.82 Å². The lowest BCUT2D eigenvalue weighted by Gasteiger charge is -2.21. The topological polar surface area (TPSA) is 56.3 Å². The van der Waals surface area contributed by atoms with Crippen LogP contribution in [0, 0.1) is 0 Å². The van der Waals surface area contributed by atoms with Gasteiger partial charge in [0.2, 0.25) is 0 Å². The maximum Gasteiger partial charge on any atom is 0.194 e. The van der Waals surface area contributed by atoms with E-state index in [0.717, 1.165) is 29.6 Å². The zero-order chi connectivity index (χ0) is 17.5. The lowest BCUT2D eigenvalue weighted by atomic mass is 10.2. The van der Waals surface area contributed by atoms with E-state index in [1.54, 1.807) is 7.05 Å². The van der Waals surface area contributed by atoms with Gasteiger partial charge in [0, 0.05) is 20.6 Å². The van der Waals surface area contributed by atoms with Crippen LogP contribution in [-0.4, -0.2) is 34.9 Å². The van der Waals surface area contributed by atoms with E-state index < -0.39 is 0 Å². The van der Waals surface area contributed by atoms with Gasteiger partial charge in [0.15, 0.2) is 5.96 Å². The van der Waals surface area contributed by atoms with Crippen molar-refractivity contribution >= 4 is 5.96 Å². The van der Waals surface area contributed by atoms with Gasteiger partial charge in [-0.25, -0.2) is 4.98 Å². The van der Waals surface area contributed by atoms with Crippen LogP contribution < -0.4 is 5.32 Å². The molecule has 0 unspecified atom stereocenters. The van der Waals surface area contributed by atoms with E-state index in [1.807, 2.05) is 49.6 Å². The third-order valence-corrected chi connectivity index (χ3v) is 3.97. The fourth-order valence-electron chi connectivity index (χ4n) is 2.67. The van der Waals surface area contributed by atoms with Crippen molar-refractivity contribution in [2.24, 2.45) is 4.99 Å². The number of hydrogen-bond donors (Lipinski definition) is 2. The molecule has 5 heteroatoms.